The van der Waals surface area contributed by atoms with Crippen LogP contribution in [-0.4, -0.2) is 48.6 Å². The zero-order valence-electron chi connectivity index (χ0n) is 14.3. The lowest BCUT2D eigenvalue weighted by molar-refractivity contribution is 0.203. The van der Waals surface area contributed by atoms with Gasteiger partial charge < -0.3 is 20.4 Å². The molecule has 1 saturated heterocycles. The standard InChI is InChI=1S/C18H25N5O2/c24-18(21-10-9-20-17-7-1-2-8-19-17)22-14-15(16-6-5-13-25-16)23-11-3-4-12-23/h1-2,5-8,13,15H,3-4,9-12,14H2,(H,19,20)(H2,21,22,24)/t15-/m0/s1. The molecule has 0 aliphatic carbocycles. The van der Waals surface area contributed by atoms with Gasteiger partial charge in [-0.15, -0.1) is 0 Å². The summed E-state index contributed by atoms with van der Waals surface area (Å²) >= 11 is 0. The maximum Gasteiger partial charge on any atom is 0.314 e. The summed E-state index contributed by atoms with van der Waals surface area (Å²) < 4.78 is 5.56. The molecule has 0 aromatic carbocycles. The Labute approximate surface area is 147 Å². The number of carbonyl (C=O) groups is 1. The molecule has 1 fully saturated rings. The van der Waals surface area contributed by atoms with E-state index in [4.69, 9.17) is 4.42 Å². The average Bonchev–Trinajstić information content (AvgIpc) is 3.34. The molecule has 25 heavy (non-hydrogen) atoms. The molecule has 1 aliphatic heterocycles. The van der Waals surface area contributed by atoms with Crippen molar-refractivity contribution >= 4 is 11.8 Å². The van der Waals surface area contributed by atoms with E-state index in [1.165, 1.54) is 12.8 Å². The summed E-state index contributed by atoms with van der Waals surface area (Å²) in [5, 5.41) is 8.96. The van der Waals surface area contributed by atoms with Crippen LogP contribution in [-0.2, 0) is 0 Å². The Morgan fingerprint density at radius 1 is 1.16 bits per heavy atom. The van der Waals surface area contributed by atoms with E-state index in [9.17, 15) is 4.79 Å². The fourth-order valence-electron chi connectivity index (χ4n) is 3.03. The number of urea groups is 1. The van der Waals surface area contributed by atoms with Gasteiger partial charge in [-0.25, -0.2) is 9.78 Å². The summed E-state index contributed by atoms with van der Waals surface area (Å²) in [6, 6.07) is 9.47. The second-order valence-corrected chi connectivity index (χ2v) is 6.05. The van der Waals surface area contributed by atoms with Crippen LogP contribution in [0.25, 0.3) is 0 Å². The molecule has 2 aromatic heterocycles. The summed E-state index contributed by atoms with van der Waals surface area (Å²) in [7, 11) is 0. The molecule has 3 rings (SSSR count). The number of anilines is 1. The summed E-state index contributed by atoms with van der Waals surface area (Å²) in [5.41, 5.74) is 0. The highest BCUT2D eigenvalue weighted by molar-refractivity contribution is 5.73. The molecule has 0 bridgehead atoms. The van der Waals surface area contributed by atoms with Crippen molar-refractivity contribution in [2.45, 2.75) is 18.9 Å². The van der Waals surface area contributed by atoms with Gasteiger partial charge in [0.15, 0.2) is 0 Å². The van der Waals surface area contributed by atoms with Crippen molar-refractivity contribution in [2.24, 2.45) is 0 Å². The van der Waals surface area contributed by atoms with Gasteiger partial charge in [0.05, 0.1) is 12.3 Å². The maximum atomic E-state index is 12.0. The van der Waals surface area contributed by atoms with E-state index in [1.54, 1.807) is 12.5 Å². The number of furan rings is 1. The molecule has 1 aliphatic rings. The summed E-state index contributed by atoms with van der Waals surface area (Å²) in [4.78, 5) is 18.6. The molecule has 2 amide bonds. The van der Waals surface area contributed by atoms with Crippen LogP contribution in [0.3, 0.4) is 0 Å². The van der Waals surface area contributed by atoms with Crippen LogP contribution in [0.4, 0.5) is 10.6 Å². The molecule has 2 aromatic rings. The van der Waals surface area contributed by atoms with Crippen molar-refractivity contribution in [1.82, 2.24) is 20.5 Å². The Kier molecular flexibility index (Phi) is 6.28. The molecule has 0 radical (unpaired) electrons. The number of nitrogens with one attached hydrogen (secondary N) is 3. The number of nitrogens with zero attached hydrogens (tertiary/aromatic N) is 2. The predicted octanol–water partition coefficient (Wildman–Crippen LogP) is 2.22. The molecule has 0 spiro atoms. The van der Waals surface area contributed by atoms with Gasteiger partial charge in [-0.3, -0.25) is 4.90 Å². The second-order valence-electron chi connectivity index (χ2n) is 6.05. The smallest absolute Gasteiger partial charge is 0.314 e. The minimum Gasteiger partial charge on any atom is -0.468 e. The van der Waals surface area contributed by atoms with Crippen LogP contribution in [0, 0.1) is 0 Å². The fourth-order valence-corrected chi connectivity index (χ4v) is 3.03. The molecule has 3 heterocycles. The third-order valence-electron chi connectivity index (χ3n) is 4.29. The fraction of sp³-hybridized carbons (Fsp3) is 0.444. The van der Waals surface area contributed by atoms with Crippen molar-refractivity contribution in [2.75, 3.05) is 38.0 Å². The van der Waals surface area contributed by atoms with E-state index in [0.29, 0.717) is 19.6 Å². The summed E-state index contributed by atoms with van der Waals surface area (Å²) in [6.45, 7) is 3.77. The van der Waals surface area contributed by atoms with Crippen LogP contribution in [0.5, 0.6) is 0 Å². The highest BCUT2D eigenvalue weighted by atomic mass is 16.3. The van der Waals surface area contributed by atoms with Gasteiger partial charge in [0.25, 0.3) is 0 Å². The highest BCUT2D eigenvalue weighted by Gasteiger charge is 2.25. The number of hydrogen-bond acceptors (Lipinski definition) is 5. The monoisotopic (exact) mass is 343 g/mol. The first kappa shape index (κ1) is 17.3. The first-order chi connectivity index (χ1) is 12.3. The molecule has 7 nitrogen and oxygen atoms in total. The number of amides is 2. The summed E-state index contributed by atoms with van der Waals surface area (Å²) in [5.74, 6) is 1.70. The topological polar surface area (TPSA) is 82.4 Å². The van der Waals surface area contributed by atoms with Gasteiger partial charge in [0.1, 0.15) is 11.6 Å². The van der Waals surface area contributed by atoms with Crippen LogP contribution < -0.4 is 16.0 Å². The van der Waals surface area contributed by atoms with Crippen molar-refractivity contribution in [3.8, 4) is 0 Å². The number of carbonyl (C=O) groups excluding carboxylic acids is 1. The predicted molar refractivity (Wildman–Crippen MR) is 96.4 cm³/mol. The maximum absolute atomic E-state index is 12.0. The summed E-state index contributed by atoms with van der Waals surface area (Å²) in [6.07, 6.45) is 5.81. The minimum atomic E-state index is -0.168. The van der Waals surface area contributed by atoms with E-state index in [2.05, 4.69) is 25.8 Å². The Morgan fingerprint density at radius 3 is 2.76 bits per heavy atom. The van der Waals surface area contributed by atoms with Gasteiger partial charge in [-0.2, -0.15) is 0 Å². The zero-order valence-corrected chi connectivity index (χ0v) is 14.3. The van der Waals surface area contributed by atoms with Gasteiger partial charge in [0.2, 0.25) is 0 Å². The van der Waals surface area contributed by atoms with Gasteiger partial charge >= 0.3 is 6.03 Å². The van der Waals surface area contributed by atoms with Gasteiger partial charge in [0, 0.05) is 25.8 Å². The Morgan fingerprint density at radius 2 is 2.04 bits per heavy atom. The Hall–Kier alpha value is -2.54. The molecule has 0 unspecified atom stereocenters. The minimum absolute atomic E-state index is 0.0925. The lowest BCUT2D eigenvalue weighted by Crippen LogP contribution is -2.42. The van der Waals surface area contributed by atoms with E-state index in [-0.39, 0.29) is 12.1 Å². The first-order valence-corrected chi connectivity index (χ1v) is 8.77. The first-order valence-electron chi connectivity index (χ1n) is 8.77. The van der Waals surface area contributed by atoms with Crippen molar-refractivity contribution in [1.29, 1.82) is 0 Å². The lowest BCUT2D eigenvalue weighted by atomic mass is 10.2. The van der Waals surface area contributed by atoms with Gasteiger partial charge in [-0.1, -0.05) is 6.07 Å². The normalized spacial score (nSPS) is 15.7. The Bertz CT molecular complexity index is 626. The largest absolute Gasteiger partial charge is 0.468 e. The number of hydrogen-bond donors (Lipinski definition) is 3. The van der Waals surface area contributed by atoms with E-state index in [0.717, 1.165) is 24.7 Å². The molecular formula is C18H25N5O2. The zero-order chi connectivity index (χ0) is 17.3. The lowest BCUT2D eigenvalue weighted by Gasteiger charge is -2.26. The number of aromatic nitrogens is 1. The van der Waals surface area contributed by atoms with Crippen LogP contribution in [0.2, 0.25) is 0 Å². The van der Waals surface area contributed by atoms with Crippen molar-refractivity contribution in [3.05, 3.63) is 48.6 Å². The van der Waals surface area contributed by atoms with Crippen LogP contribution >= 0.6 is 0 Å². The number of pyridine rings is 1. The SMILES string of the molecule is O=C(NCCNc1ccccn1)NC[C@@H](c1ccco1)N1CCCC1. The van der Waals surface area contributed by atoms with Gasteiger partial charge in [-0.05, 0) is 50.2 Å². The molecule has 1 atom stereocenters. The number of rotatable bonds is 8. The molecule has 7 heteroatoms. The number of likely N-dealkylation sites (tertiary alicyclic amines) is 1. The second kappa shape index (κ2) is 9.08. The third kappa shape index (κ3) is 5.22. The Balaban J connectivity index is 1.39. The van der Waals surface area contributed by atoms with Crippen LogP contribution in [0.15, 0.2) is 47.2 Å². The molecular weight excluding hydrogens is 318 g/mol. The average molecular weight is 343 g/mol. The van der Waals surface area contributed by atoms with Crippen molar-refractivity contribution < 1.29 is 9.21 Å². The molecule has 134 valence electrons. The molecule has 0 saturated carbocycles. The third-order valence-corrected chi connectivity index (χ3v) is 4.29. The van der Waals surface area contributed by atoms with E-state index in [1.807, 2.05) is 30.3 Å². The van der Waals surface area contributed by atoms with E-state index >= 15 is 0 Å². The van der Waals surface area contributed by atoms with Crippen LogP contribution in [0.1, 0.15) is 24.6 Å². The van der Waals surface area contributed by atoms with Crippen molar-refractivity contribution in [3.63, 3.8) is 0 Å². The quantitative estimate of drug-likeness (QED) is 0.640. The highest BCUT2D eigenvalue weighted by Crippen LogP contribution is 2.24. The molecule has 3 N–H and O–H groups in total. The van der Waals surface area contributed by atoms with E-state index < -0.39 is 0 Å².